The quantitative estimate of drug-likeness (QED) is 0.649. The molecule has 1 aliphatic rings. The molecule has 0 bridgehead atoms. The molecule has 1 aromatic heterocycles. The van der Waals surface area contributed by atoms with Crippen LogP contribution in [0.5, 0.6) is 0 Å². The Labute approximate surface area is 172 Å². The Morgan fingerprint density at radius 1 is 0.931 bits per heavy atom. The number of carbonyl (C=O) groups is 1. The fourth-order valence-electron chi connectivity index (χ4n) is 4.09. The minimum Gasteiger partial charge on any atom is -0.340 e. The van der Waals surface area contributed by atoms with Crippen LogP contribution in [0.2, 0.25) is 0 Å². The molecule has 1 amide bonds. The molecule has 29 heavy (non-hydrogen) atoms. The van der Waals surface area contributed by atoms with E-state index < -0.39 is 0 Å². The lowest BCUT2D eigenvalue weighted by Gasteiger charge is -2.40. The Balaban J connectivity index is 1.39. The summed E-state index contributed by atoms with van der Waals surface area (Å²) in [5.74, 6) is 0.229. The molecule has 3 aromatic rings. The van der Waals surface area contributed by atoms with Crippen LogP contribution in [-0.2, 0) is 11.3 Å². The van der Waals surface area contributed by atoms with E-state index in [0.29, 0.717) is 13.0 Å². The molecule has 0 aliphatic carbocycles. The fourth-order valence-corrected chi connectivity index (χ4v) is 4.09. The normalized spacial score (nSPS) is 15.0. The van der Waals surface area contributed by atoms with E-state index in [2.05, 4.69) is 70.5 Å². The maximum absolute atomic E-state index is 12.7. The molecule has 0 unspecified atom stereocenters. The van der Waals surface area contributed by atoms with E-state index in [4.69, 9.17) is 0 Å². The van der Waals surface area contributed by atoms with Crippen LogP contribution in [0.15, 0.2) is 73.2 Å². The summed E-state index contributed by atoms with van der Waals surface area (Å²) >= 11 is 0. The van der Waals surface area contributed by atoms with Gasteiger partial charge in [0.2, 0.25) is 5.91 Å². The third kappa shape index (κ3) is 4.74. The number of imidazole rings is 1. The first-order chi connectivity index (χ1) is 14.2. The van der Waals surface area contributed by atoms with Gasteiger partial charge in [0.1, 0.15) is 0 Å². The van der Waals surface area contributed by atoms with E-state index in [0.717, 1.165) is 31.9 Å². The van der Waals surface area contributed by atoms with E-state index >= 15 is 0 Å². The molecule has 1 saturated heterocycles. The van der Waals surface area contributed by atoms with Crippen molar-refractivity contribution in [3.8, 4) is 0 Å². The molecule has 150 valence electrons. The third-order valence-electron chi connectivity index (χ3n) is 5.61. The molecule has 0 atom stereocenters. The highest BCUT2D eigenvalue weighted by molar-refractivity contribution is 5.76. The van der Waals surface area contributed by atoms with Crippen LogP contribution in [-0.4, -0.2) is 51.4 Å². The van der Waals surface area contributed by atoms with Crippen LogP contribution in [0.25, 0.3) is 0 Å². The molecule has 0 N–H and O–H groups in total. The summed E-state index contributed by atoms with van der Waals surface area (Å²) in [5, 5.41) is 0. The molecule has 5 nitrogen and oxygen atoms in total. The van der Waals surface area contributed by atoms with Gasteiger partial charge in [-0.3, -0.25) is 9.69 Å². The van der Waals surface area contributed by atoms with Gasteiger partial charge in [0.05, 0.1) is 18.1 Å². The molecular formula is C24H28N4O. The monoisotopic (exact) mass is 388 g/mol. The molecule has 0 saturated carbocycles. The number of carbonyl (C=O) groups excluding carboxylic acids is 1. The number of aryl methyl sites for hydroxylation is 2. The number of piperazine rings is 1. The maximum atomic E-state index is 12.7. The highest BCUT2D eigenvalue weighted by atomic mass is 16.2. The smallest absolute Gasteiger partial charge is 0.224 e. The van der Waals surface area contributed by atoms with Crippen LogP contribution in [0.3, 0.4) is 0 Å². The highest BCUT2D eigenvalue weighted by Gasteiger charge is 2.27. The van der Waals surface area contributed by atoms with Crippen molar-refractivity contribution in [1.82, 2.24) is 19.4 Å². The second-order valence-corrected chi connectivity index (χ2v) is 7.64. The minimum atomic E-state index is 0.226. The molecule has 0 radical (unpaired) electrons. The lowest BCUT2D eigenvalue weighted by atomic mass is 9.96. The Morgan fingerprint density at radius 3 is 2.03 bits per heavy atom. The Kier molecular flexibility index (Phi) is 6.06. The van der Waals surface area contributed by atoms with Crippen molar-refractivity contribution in [2.75, 3.05) is 26.2 Å². The van der Waals surface area contributed by atoms with Gasteiger partial charge >= 0.3 is 0 Å². The first-order valence-corrected chi connectivity index (χ1v) is 10.3. The van der Waals surface area contributed by atoms with Crippen molar-refractivity contribution in [3.05, 3.63) is 90.0 Å². The molecular weight excluding hydrogens is 360 g/mol. The number of hydrogen-bond acceptors (Lipinski definition) is 3. The second-order valence-electron chi connectivity index (χ2n) is 7.64. The Bertz CT molecular complexity index is 875. The lowest BCUT2D eigenvalue weighted by Crippen LogP contribution is -2.50. The van der Waals surface area contributed by atoms with Gasteiger partial charge in [-0.15, -0.1) is 0 Å². The summed E-state index contributed by atoms with van der Waals surface area (Å²) in [6, 6.07) is 21.5. The van der Waals surface area contributed by atoms with Crippen LogP contribution >= 0.6 is 0 Å². The van der Waals surface area contributed by atoms with Crippen LogP contribution in [0, 0.1) is 6.92 Å². The van der Waals surface area contributed by atoms with E-state index in [1.54, 1.807) is 6.33 Å². The van der Waals surface area contributed by atoms with Crippen LogP contribution in [0.4, 0.5) is 0 Å². The van der Waals surface area contributed by atoms with E-state index in [1.165, 1.54) is 11.1 Å². The van der Waals surface area contributed by atoms with Crippen molar-refractivity contribution < 1.29 is 4.79 Å². The number of nitrogens with zero attached hydrogens (tertiary/aromatic N) is 4. The number of amides is 1. The van der Waals surface area contributed by atoms with Crippen molar-refractivity contribution >= 4 is 5.91 Å². The van der Waals surface area contributed by atoms with E-state index in [9.17, 15) is 4.79 Å². The van der Waals surface area contributed by atoms with Crippen molar-refractivity contribution in [2.24, 2.45) is 0 Å². The zero-order valence-corrected chi connectivity index (χ0v) is 16.9. The number of aromatic nitrogens is 2. The average Bonchev–Trinajstić information content (AvgIpc) is 3.19. The van der Waals surface area contributed by atoms with Gasteiger partial charge in [0.25, 0.3) is 0 Å². The van der Waals surface area contributed by atoms with E-state index in [-0.39, 0.29) is 11.9 Å². The van der Waals surface area contributed by atoms with Gasteiger partial charge in [-0.2, -0.15) is 0 Å². The SMILES string of the molecule is Cc1cn(CCC(=O)N2CCN(C(c3ccccc3)c3ccccc3)CC2)cn1. The van der Waals surface area contributed by atoms with Crippen molar-refractivity contribution in [3.63, 3.8) is 0 Å². The standard InChI is InChI=1S/C24H28N4O/c1-20-18-26(19-25-20)13-12-23(29)27-14-16-28(17-15-27)24(21-8-4-2-5-9-21)22-10-6-3-7-11-22/h2-11,18-19,24H,12-17H2,1H3. The lowest BCUT2D eigenvalue weighted by molar-refractivity contribution is -0.133. The van der Waals surface area contributed by atoms with Gasteiger partial charge in [0, 0.05) is 45.3 Å². The predicted octanol–water partition coefficient (Wildman–Crippen LogP) is 3.52. The summed E-state index contributed by atoms with van der Waals surface area (Å²) in [6.45, 7) is 5.97. The zero-order valence-electron chi connectivity index (χ0n) is 16.9. The first kappa shape index (κ1) is 19.4. The Morgan fingerprint density at radius 2 is 1.52 bits per heavy atom. The molecule has 1 fully saturated rings. The summed E-state index contributed by atoms with van der Waals surface area (Å²) in [5.41, 5.74) is 3.59. The predicted molar refractivity (Wildman–Crippen MR) is 114 cm³/mol. The molecule has 2 aromatic carbocycles. The van der Waals surface area contributed by atoms with Crippen molar-refractivity contribution in [2.45, 2.75) is 25.9 Å². The summed E-state index contributed by atoms with van der Waals surface area (Å²) < 4.78 is 1.99. The fraction of sp³-hybridized carbons (Fsp3) is 0.333. The largest absolute Gasteiger partial charge is 0.340 e. The van der Waals surface area contributed by atoms with Crippen LogP contribution < -0.4 is 0 Å². The number of benzene rings is 2. The molecule has 1 aliphatic heterocycles. The highest BCUT2D eigenvalue weighted by Crippen LogP contribution is 2.29. The summed E-state index contributed by atoms with van der Waals surface area (Å²) in [6.07, 6.45) is 4.30. The zero-order chi connectivity index (χ0) is 20.1. The second kappa shape index (κ2) is 9.05. The molecule has 0 spiro atoms. The third-order valence-corrected chi connectivity index (χ3v) is 5.61. The molecule has 4 rings (SSSR count). The first-order valence-electron chi connectivity index (χ1n) is 10.3. The average molecular weight is 389 g/mol. The Hall–Kier alpha value is -2.92. The van der Waals surface area contributed by atoms with Gasteiger partial charge in [-0.25, -0.2) is 4.98 Å². The minimum absolute atomic E-state index is 0.226. The van der Waals surface area contributed by atoms with Gasteiger partial charge in [-0.05, 0) is 18.1 Å². The summed E-state index contributed by atoms with van der Waals surface area (Å²) in [7, 11) is 0. The maximum Gasteiger partial charge on any atom is 0.224 e. The number of rotatable bonds is 6. The topological polar surface area (TPSA) is 41.4 Å². The van der Waals surface area contributed by atoms with E-state index in [1.807, 2.05) is 22.6 Å². The van der Waals surface area contributed by atoms with Gasteiger partial charge < -0.3 is 9.47 Å². The van der Waals surface area contributed by atoms with Crippen molar-refractivity contribution in [1.29, 1.82) is 0 Å². The molecule has 2 heterocycles. The molecule has 5 heteroatoms. The summed E-state index contributed by atoms with van der Waals surface area (Å²) in [4.78, 5) is 21.4. The van der Waals surface area contributed by atoms with Gasteiger partial charge in [-0.1, -0.05) is 60.7 Å². The number of hydrogen-bond donors (Lipinski definition) is 0. The van der Waals surface area contributed by atoms with Gasteiger partial charge in [0.15, 0.2) is 0 Å². The van der Waals surface area contributed by atoms with Crippen LogP contribution in [0.1, 0.15) is 29.3 Å².